The first-order chi connectivity index (χ1) is 21.1. The summed E-state index contributed by atoms with van der Waals surface area (Å²) < 4.78 is 0. The Morgan fingerprint density at radius 2 is 0.767 bits per heavy atom. The van der Waals surface area contributed by atoms with Gasteiger partial charge in [-0.3, -0.25) is 0 Å². The van der Waals surface area contributed by atoms with E-state index in [2.05, 4.69) is 62.4 Å². The van der Waals surface area contributed by atoms with E-state index in [-0.39, 0.29) is 0 Å². The van der Waals surface area contributed by atoms with E-state index in [1.165, 1.54) is 68.9 Å². The van der Waals surface area contributed by atoms with Crippen molar-refractivity contribution < 1.29 is 10.2 Å². The lowest BCUT2D eigenvalue weighted by Gasteiger charge is -2.13. The van der Waals surface area contributed by atoms with Crippen LogP contribution in [0.5, 0.6) is 11.5 Å². The van der Waals surface area contributed by atoms with E-state index in [1.54, 1.807) is 0 Å². The van der Waals surface area contributed by atoms with Gasteiger partial charge in [-0.1, -0.05) is 144 Å². The van der Waals surface area contributed by atoms with Gasteiger partial charge in [0.05, 0.1) is 0 Å². The highest BCUT2D eigenvalue weighted by atomic mass is 16.3. The molecule has 0 spiro atoms. The second kappa shape index (κ2) is 17.6. The van der Waals surface area contributed by atoms with Crippen molar-refractivity contribution >= 4 is 0 Å². The standard InChI is InChI=1S/C41H52O2/c1-3-20-36-28-32(30-38(40(36)42)34-24-16-12-17-25-34)22-14-10-8-6-5-7-9-11-15-23-33-29-37(21-4-2)41(43)39(31-33)35-26-18-13-19-27-35/h12-13,16-19,24-31,42-43H,3-11,14-15,20-23H2,1-2H3. The average molecular weight is 577 g/mol. The maximum atomic E-state index is 10.9. The van der Waals surface area contributed by atoms with Gasteiger partial charge in [0, 0.05) is 11.1 Å². The van der Waals surface area contributed by atoms with Gasteiger partial charge < -0.3 is 10.2 Å². The number of hydrogen-bond donors (Lipinski definition) is 2. The van der Waals surface area contributed by atoms with Crippen molar-refractivity contribution in [1.82, 2.24) is 0 Å². The highest BCUT2D eigenvalue weighted by Gasteiger charge is 2.13. The van der Waals surface area contributed by atoms with E-state index < -0.39 is 0 Å². The summed E-state index contributed by atoms with van der Waals surface area (Å²) in [4.78, 5) is 0. The Hall–Kier alpha value is -3.52. The van der Waals surface area contributed by atoms with E-state index in [0.717, 1.165) is 71.9 Å². The lowest BCUT2D eigenvalue weighted by atomic mass is 9.93. The zero-order chi connectivity index (χ0) is 30.3. The predicted molar refractivity (Wildman–Crippen MR) is 184 cm³/mol. The summed E-state index contributed by atoms with van der Waals surface area (Å²) in [5.41, 5.74) is 9.03. The van der Waals surface area contributed by atoms with Crippen LogP contribution in [-0.4, -0.2) is 10.2 Å². The van der Waals surface area contributed by atoms with Crippen LogP contribution in [0.3, 0.4) is 0 Å². The fraction of sp³-hybridized carbons (Fsp3) is 0.415. The molecule has 0 unspecified atom stereocenters. The Morgan fingerprint density at radius 3 is 1.12 bits per heavy atom. The van der Waals surface area contributed by atoms with Crippen LogP contribution in [0.1, 0.15) is 107 Å². The molecule has 0 aliphatic carbocycles. The minimum atomic E-state index is 0.457. The second-order valence-corrected chi connectivity index (χ2v) is 12.2. The number of rotatable bonds is 18. The molecule has 0 saturated heterocycles. The predicted octanol–water partition coefficient (Wildman–Crippen LogP) is 11.6. The molecule has 0 amide bonds. The lowest BCUT2D eigenvalue weighted by molar-refractivity contribution is 0.469. The summed E-state index contributed by atoms with van der Waals surface area (Å²) in [6, 6.07) is 29.5. The van der Waals surface area contributed by atoms with Gasteiger partial charge in [0.2, 0.25) is 0 Å². The van der Waals surface area contributed by atoms with E-state index in [9.17, 15) is 10.2 Å². The number of phenols is 2. The van der Waals surface area contributed by atoms with Gasteiger partial charge >= 0.3 is 0 Å². The van der Waals surface area contributed by atoms with Crippen LogP contribution in [0.15, 0.2) is 84.9 Å². The van der Waals surface area contributed by atoms with Gasteiger partial charge in [-0.25, -0.2) is 0 Å². The third-order valence-corrected chi connectivity index (χ3v) is 8.64. The number of aryl methyl sites for hydroxylation is 4. The molecule has 0 aliphatic rings. The van der Waals surface area contributed by atoms with Gasteiger partial charge in [-0.2, -0.15) is 0 Å². The molecule has 4 aromatic carbocycles. The molecule has 2 N–H and O–H groups in total. The van der Waals surface area contributed by atoms with Crippen molar-refractivity contribution in [1.29, 1.82) is 0 Å². The highest BCUT2D eigenvalue weighted by molar-refractivity contribution is 5.73. The number of hydrogen-bond acceptors (Lipinski definition) is 2. The maximum Gasteiger partial charge on any atom is 0.126 e. The molecule has 0 heterocycles. The summed E-state index contributed by atoms with van der Waals surface area (Å²) in [5.74, 6) is 0.913. The third-order valence-electron chi connectivity index (χ3n) is 8.64. The first-order valence-electron chi connectivity index (χ1n) is 16.9. The SMILES string of the molecule is CCCc1cc(CCCCCCCCCCCc2cc(CCC)c(O)c(-c3ccccc3)c2)cc(-c2ccccc2)c1O. The van der Waals surface area contributed by atoms with Crippen LogP contribution in [0.25, 0.3) is 22.3 Å². The van der Waals surface area contributed by atoms with Crippen molar-refractivity contribution in [2.24, 2.45) is 0 Å². The second-order valence-electron chi connectivity index (χ2n) is 12.2. The van der Waals surface area contributed by atoms with E-state index >= 15 is 0 Å². The Balaban J connectivity index is 1.14. The van der Waals surface area contributed by atoms with Gasteiger partial charge in [0.15, 0.2) is 0 Å². The zero-order valence-corrected chi connectivity index (χ0v) is 26.6. The zero-order valence-electron chi connectivity index (χ0n) is 26.6. The summed E-state index contributed by atoms with van der Waals surface area (Å²) in [6.07, 6.45) is 17.6. The Labute approximate surface area is 260 Å². The van der Waals surface area contributed by atoms with Gasteiger partial charge in [-0.05, 0) is 84.0 Å². The summed E-state index contributed by atoms with van der Waals surface area (Å²) in [5, 5.41) is 21.8. The molecular formula is C41H52O2. The highest BCUT2D eigenvalue weighted by Crippen LogP contribution is 2.36. The van der Waals surface area contributed by atoms with Crippen molar-refractivity contribution in [2.45, 2.75) is 110 Å². The first-order valence-corrected chi connectivity index (χ1v) is 16.9. The van der Waals surface area contributed by atoms with E-state index in [1.807, 2.05) is 36.4 Å². The quantitative estimate of drug-likeness (QED) is 0.116. The molecule has 2 nitrogen and oxygen atoms in total. The minimum absolute atomic E-state index is 0.457. The normalized spacial score (nSPS) is 11.2. The summed E-state index contributed by atoms with van der Waals surface area (Å²) >= 11 is 0. The van der Waals surface area contributed by atoms with Crippen LogP contribution in [0.2, 0.25) is 0 Å². The Kier molecular flexibility index (Phi) is 13.2. The lowest BCUT2D eigenvalue weighted by Crippen LogP contribution is -1.94. The molecule has 4 aromatic rings. The van der Waals surface area contributed by atoms with Crippen LogP contribution in [0.4, 0.5) is 0 Å². The number of unbranched alkanes of at least 4 members (excludes halogenated alkanes) is 8. The average Bonchev–Trinajstić information content (AvgIpc) is 3.03. The third kappa shape index (κ3) is 9.75. The number of aromatic hydroxyl groups is 2. The topological polar surface area (TPSA) is 40.5 Å². The molecular weight excluding hydrogens is 524 g/mol. The summed E-state index contributed by atoms with van der Waals surface area (Å²) in [6.45, 7) is 4.35. The molecule has 0 atom stereocenters. The Morgan fingerprint density at radius 1 is 0.419 bits per heavy atom. The molecule has 2 heteroatoms. The fourth-order valence-corrected chi connectivity index (χ4v) is 6.30. The molecule has 43 heavy (non-hydrogen) atoms. The molecule has 0 bridgehead atoms. The monoisotopic (exact) mass is 576 g/mol. The van der Waals surface area contributed by atoms with Gasteiger partial charge in [0.1, 0.15) is 11.5 Å². The van der Waals surface area contributed by atoms with Crippen LogP contribution in [-0.2, 0) is 25.7 Å². The largest absolute Gasteiger partial charge is 0.507 e. The van der Waals surface area contributed by atoms with E-state index in [0.29, 0.717) is 11.5 Å². The molecule has 0 radical (unpaired) electrons. The smallest absolute Gasteiger partial charge is 0.126 e. The Bertz CT molecular complexity index is 1270. The molecule has 4 rings (SSSR count). The van der Waals surface area contributed by atoms with Crippen molar-refractivity contribution in [2.75, 3.05) is 0 Å². The van der Waals surface area contributed by atoms with Gasteiger partial charge in [-0.15, -0.1) is 0 Å². The molecule has 228 valence electrons. The molecule has 0 aliphatic heterocycles. The van der Waals surface area contributed by atoms with E-state index in [4.69, 9.17) is 0 Å². The van der Waals surface area contributed by atoms with Crippen LogP contribution in [0, 0.1) is 0 Å². The van der Waals surface area contributed by atoms with Crippen LogP contribution < -0.4 is 0 Å². The number of phenolic OH excluding ortho intramolecular Hbond substituents is 2. The fourth-order valence-electron chi connectivity index (χ4n) is 6.30. The maximum absolute atomic E-state index is 10.9. The summed E-state index contributed by atoms with van der Waals surface area (Å²) in [7, 11) is 0. The van der Waals surface area contributed by atoms with Gasteiger partial charge in [0.25, 0.3) is 0 Å². The number of benzene rings is 4. The molecule has 0 saturated carbocycles. The first kappa shape index (κ1) is 32.4. The molecule has 0 fully saturated rings. The van der Waals surface area contributed by atoms with Crippen molar-refractivity contribution in [3.05, 3.63) is 107 Å². The molecule has 0 aromatic heterocycles. The minimum Gasteiger partial charge on any atom is -0.507 e. The van der Waals surface area contributed by atoms with Crippen molar-refractivity contribution in [3.8, 4) is 33.8 Å². The van der Waals surface area contributed by atoms with Crippen molar-refractivity contribution in [3.63, 3.8) is 0 Å². The van der Waals surface area contributed by atoms with Crippen LogP contribution >= 0.6 is 0 Å².